The molecule has 4 nitrogen and oxygen atoms in total. The first-order valence-corrected chi connectivity index (χ1v) is 8.66. The van der Waals surface area contributed by atoms with E-state index in [2.05, 4.69) is 3.27 Å². The standard InChI is InChI=1S/C11H11F3O4SSe/c12-11(13,14)19(16,17)18-20-9-6-2-4-7-3-1-5-8(15)10(7)9/h2,4,6,8,15H,1,3,5H2/t8-/m0/s1. The van der Waals surface area contributed by atoms with Gasteiger partial charge >= 0.3 is 120 Å². The number of benzene rings is 1. The van der Waals surface area contributed by atoms with Crippen molar-refractivity contribution in [3.8, 4) is 0 Å². The normalized spacial score (nSPS) is 19.7. The number of aliphatic hydroxyl groups excluding tert-OH is 1. The van der Waals surface area contributed by atoms with Crippen molar-refractivity contribution < 1.29 is 30.0 Å². The number of rotatable bonds is 3. The molecular weight excluding hydrogens is 364 g/mol. The molecule has 1 aliphatic rings. The molecule has 1 aromatic carbocycles. The molecule has 0 unspecified atom stereocenters. The Labute approximate surface area is 120 Å². The van der Waals surface area contributed by atoms with E-state index >= 15 is 0 Å². The van der Waals surface area contributed by atoms with Crippen molar-refractivity contribution in [1.82, 2.24) is 0 Å². The van der Waals surface area contributed by atoms with Crippen molar-refractivity contribution in [3.05, 3.63) is 29.3 Å². The van der Waals surface area contributed by atoms with Gasteiger partial charge in [-0.3, -0.25) is 0 Å². The molecule has 112 valence electrons. The van der Waals surface area contributed by atoms with Crippen LogP contribution in [0.2, 0.25) is 0 Å². The first kappa shape index (κ1) is 15.8. The van der Waals surface area contributed by atoms with E-state index in [0.29, 0.717) is 22.9 Å². The topological polar surface area (TPSA) is 63.6 Å². The Kier molecular flexibility index (Phi) is 4.46. The van der Waals surface area contributed by atoms with Crippen LogP contribution in [0.1, 0.15) is 30.1 Å². The summed E-state index contributed by atoms with van der Waals surface area (Å²) in [5, 5.41) is 9.91. The molecule has 0 bridgehead atoms. The van der Waals surface area contributed by atoms with E-state index in [1.807, 2.05) is 0 Å². The maximum absolute atomic E-state index is 12.2. The van der Waals surface area contributed by atoms with Gasteiger partial charge in [0, 0.05) is 0 Å². The van der Waals surface area contributed by atoms with Crippen LogP contribution in [0.4, 0.5) is 13.2 Å². The zero-order valence-electron chi connectivity index (χ0n) is 10.1. The third kappa shape index (κ3) is 3.17. The summed E-state index contributed by atoms with van der Waals surface area (Å²) in [5.41, 5.74) is -4.09. The molecule has 0 saturated carbocycles. The first-order chi connectivity index (χ1) is 9.22. The Morgan fingerprint density at radius 3 is 2.70 bits per heavy atom. The van der Waals surface area contributed by atoms with Crippen LogP contribution in [0.3, 0.4) is 0 Å². The van der Waals surface area contributed by atoms with Gasteiger partial charge in [0.1, 0.15) is 0 Å². The summed E-state index contributed by atoms with van der Waals surface area (Å²) in [7, 11) is -5.59. The molecule has 0 radical (unpaired) electrons. The number of aryl methyl sites for hydroxylation is 1. The Balaban J connectivity index is 2.24. The number of aliphatic hydroxyl groups is 1. The second-order valence-electron chi connectivity index (χ2n) is 4.29. The van der Waals surface area contributed by atoms with E-state index in [1.165, 1.54) is 6.07 Å². The fourth-order valence-corrected chi connectivity index (χ4v) is 4.79. The van der Waals surface area contributed by atoms with Gasteiger partial charge in [-0.05, 0) is 0 Å². The van der Waals surface area contributed by atoms with Crippen molar-refractivity contribution in [2.45, 2.75) is 30.9 Å². The van der Waals surface area contributed by atoms with Crippen LogP contribution in [0.25, 0.3) is 0 Å². The van der Waals surface area contributed by atoms with Crippen LogP contribution in [0.5, 0.6) is 0 Å². The summed E-state index contributed by atoms with van der Waals surface area (Å²) in [4.78, 5) is 0. The minimum atomic E-state index is -5.59. The molecule has 0 spiro atoms. The van der Waals surface area contributed by atoms with E-state index in [0.717, 1.165) is 12.0 Å². The van der Waals surface area contributed by atoms with Crippen LogP contribution in [-0.2, 0) is 19.8 Å². The van der Waals surface area contributed by atoms with Gasteiger partial charge in [-0.1, -0.05) is 0 Å². The molecule has 20 heavy (non-hydrogen) atoms. The molecule has 0 amide bonds. The van der Waals surface area contributed by atoms with Crippen LogP contribution < -0.4 is 4.46 Å². The number of fused-ring (bicyclic) bond motifs is 1. The molecule has 2 rings (SSSR count). The summed E-state index contributed by atoms with van der Waals surface area (Å²) in [6, 6.07) is 4.88. The second-order valence-corrected chi connectivity index (χ2v) is 7.92. The van der Waals surface area contributed by atoms with Gasteiger partial charge in [0.15, 0.2) is 0 Å². The van der Waals surface area contributed by atoms with Gasteiger partial charge in [0.05, 0.1) is 0 Å². The van der Waals surface area contributed by atoms with Gasteiger partial charge in [-0.15, -0.1) is 0 Å². The van der Waals surface area contributed by atoms with Crippen LogP contribution in [-0.4, -0.2) is 34.3 Å². The van der Waals surface area contributed by atoms with Gasteiger partial charge < -0.3 is 0 Å². The molecule has 0 aliphatic heterocycles. The molecule has 0 aromatic heterocycles. The number of halogens is 3. The summed E-state index contributed by atoms with van der Waals surface area (Å²) >= 11 is -1.36. The predicted octanol–water partition coefficient (Wildman–Crippen LogP) is 1.17. The zero-order chi connectivity index (χ0) is 15.0. The summed E-state index contributed by atoms with van der Waals surface area (Å²) in [6.07, 6.45) is 1.22. The SMILES string of the molecule is O=S(=O)(O[Se]c1cccc2c1[C@@H](O)CCC2)C(F)(F)F. The summed E-state index contributed by atoms with van der Waals surface area (Å²) in [6.45, 7) is 0. The van der Waals surface area contributed by atoms with Crippen molar-refractivity contribution >= 4 is 29.9 Å². The molecule has 0 fully saturated rings. The molecular formula is C11H11F3O4SSe. The van der Waals surface area contributed by atoms with Crippen molar-refractivity contribution in [3.63, 3.8) is 0 Å². The second kappa shape index (κ2) is 5.65. The van der Waals surface area contributed by atoms with Crippen molar-refractivity contribution in [1.29, 1.82) is 0 Å². The Hall–Kier alpha value is -0.601. The molecule has 9 heteroatoms. The third-order valence-electron chi connectivity index (χ3n) is 2.91. The monoisotopic (exact) mass is 376 g/mol. The van der Waals surface area contributed by atoms with Crippen molar-refractivity contribution in [2.75, 3.05) is 0 Å². The van der Waals surface area contributed by atoms with Crippen LogP contribution in [0, 0.1) is 0 Å². The van der Waals surface area contributed by atoms with Gasteiger partial charge in [0.25, 0.3) is 0 Å². The molecule has 0 heterocycles. The average Bonchev–Trinajstić information content (AvgIpc) is 2.35. The van der Waals surface area contributed by atoms with E-state index < -0.39 is 37.0 Å². The van der Waals surface area contributed by atoms with E-state index in [4.69, 9.17) is 0 Å². The zero-order valence-corrected chi connectivity index (χ0v) is 12.6. The Morgan fingerprint density at radius 2 is 2.05 bits per heavy atom. The quantitative estimate of drug-likeness (QED) is 0.637. The number of hydrogen-bond acceptors (Lipinski definition) is 4. The predicted molar refractivity (Wildman–Crippen MR) is 65.8 cm³/mol. The van der Waals surface area contributed by atoms with Gasteiger partial charge in [-0.2, -0.15) is 0 Å². The molecule has 1 N–H and O–H groups in total. The molecule has 0 saturated heterocycles. The van der Waals surface area contributed by atoms with Gasteiger partial charge in [-0.25, -0.2) is 0 Å². The summed E-state index contributed by atoms with van der Waals surface area (Å²) < 4.78 is 62.8. The minimum absolute atomic E-state index is 0.329. The summed E-state index contributed by atoms with van der Waals surface area (Å²) in [5.74, 6) is 0. The fraction of sp³-hybridized carbons (Fsp3) is 0.455. The van der Waals surface area contributed by atoms with E-state index in [9.17, 15) is 26.7 Å². The molecule has 1 aliphatic carbocycles. The average molecular weight is 375 g/mol. The van der Waals surface area contributed by atoms with Crippen LogP contribution >= 0.6 is 0 Å². The van der Waals surface area contributed by atoms with Gasteiger partial charge in [0.2, 0.25) is 0 Å². The third-order valence-corrected chi connectivity index (χ3v) is 6.40. The first-order valence-electron chi connectivity index (χ1n) is 5.69. The maximum atomic E-state index is 12.2. The van der Waals surface area contributed by atoms with Crippen LogP contribution in [0.15, 0.2) is 18.2 Å². The number of alkyl halides is 3. The number of hydrogen-bond donors (Lipinski definition) is 1. The Morgan fingerprint density at radius 1 is 1.35 bits per heavy atom. The molecule has 1 atom stereocenters. The van der Waals surface area contributed by atoms with E-state index in [1.54, 1.807) is 12.1 Å². The van der Waals surface area contributed by atoms with Crippen molar-refractivity contribution in [2.24, 2.45) is 0 Å². The van der Waals surface area contributed by atoms with E-state index in [-0.39, 0.29) is 0 Å². The Bertz CT molecular complexity index is 600. The molecule has 1 aromatic rings. The fourth-order valence-electron chi connectivity index (χ4n) is 2.01.